The van der Waals surface area contributed by atoms with Crippen LogP contribution in [0.15, 0.2) is 36.4 Å². The third-order valence-corrected chi connectivity index (χ3v) is 3.13. The molecule has 2 rings (SSSR count). The topological polar surface area (TPSA) is 55.8 Å². The highest BCUT2D eigenvalue weighted by atomic mass is 16.5. The van der Waals surface area contributed by atoms with Gasteiger partial charge >= 0.3 is 0 Å². The highest BCUT2D eigenvalue weighted by Gasteiger charge is 2.00. The van der Waals surface area contributed by atoms with Gasteiger partial charge in [0.15, 0.2) is 6.29 Å². The molecule has 0 saturated heterocycles. The van der Waals surface area contributed by atoms with Crippen molar-refractivity contribution >= 4 is 6.29 Å². The van der Waals surface area contributed by atoms with Crippen molar-refractivity contribution in [3.8, 4) is 11.5 Å². The van der Waals surface area contributed by atoms with Crippen LogP contribution in [0.4, 0.5) is 0 Å². The number of methoxy groups -OCH3 is 2. The lowest BCUT2D eigenvalue weighted by Crippen LogP contribution is -1.91. The zero-order valence-corrected chi connectivity index (χ0v) is 13.4. The fraction of sp³-hybridized carbons (Fsp3) is 0.278. The van der Waals surface area contributed by atoms with Gasteiger partial charge < -0.3 is 14.6 Å². The number of hydrogen-bond donors (Lipinski definition) is 1. The van der Waals surface area contributed by atoms with E-state index in [-0.39, 0.29) is 6.61 Å². The molecule has 0 heterocycles. The molecule has 4 heteroatoms. The van der Waals surface area contributed by atoms with Gasteiger partial charge in [-0.05, 0) is 43.2 Å². The SMILES string of the molecule is COc1cc(C)ccc1C=O.COc1cc(C)ccc1CO. The Morgan fingerprint density at radius 1 is 0.955 bits per heavy atom. The minimum Gasteiger partial charge on any atom is -0.496 e. The van der Waals surface area contributed by atoms with Crippen LogP contribution in [0.25, 0.3) is 0 Å². The summed E-state index contributed by atoms with van der Waals surface area (Å²) in [5.74, 6) is 1.40. The maximum absolute atomic E-state index is 10.4. The molecule has 0 aromatic heterocycles. The maximum atomic E-state index is 10.4. The van der Waals surface area contributed by atoms with E-state index >= 15 is 0 Å². The van der Waals surface area contributed by atoms with Crippen LogP contribution in [0.3, 0.4) is 0 Å². The van der Waals surface area contributed by atoms with Crippen molar-refractivity contribution in [2.75, 3.05) is 14.2 Å². The number of carbonyl (C=O) groups is 1. The normalized spacial score (nSPS) is 9.50. The molecule has 0 saturated carbocycles. The summed E-state index contributed by atoms with van der Waals surface area (Å²) in [6.45, 7) is 3.98. The molecule has 0 radical (unpaired) electrons. The summed E-state index contributed by atoms with van der Waals surface area (Å²) in [6, 6.07) is 11.2. The predicted molar refractivity (Wildman–Crippen MR) is 86.8 cm³/mol. The number of aliphatic hydroxyl groups is 1. The van der Waals surface area contributed by atoms with Gasteiger partial charge in [-0.3, -0.25) is 4.79 Å². The van der Waals surface area contributed by atoms with Crippen LogP contribution in [0, 0.1) is 13.8 Å². The van der Waals surface area contributed by atoms with E-state index in [0.29, 0.717) is 11.3 Å². The lowest BCUT2D eigenvalue weighted by molar-refractivity contribution is 0.112. The number of aryl methyl sites for hydroxylation is 2. The number of benzene rings is 2. The molecule has 0 unspecified atom stereocenters. The lowest BCUT2D eigenvalue weighted by atomic mass is 10.1. The summed E-state index contributed by atoms with van der Waals surface area (Å²) in [5, 5.41) is 8.86. The first kappa shape index (κ1) is 17.7. The molecule has 0 fully saturated rings. The van der Waals surface area contributed by atoms with E-state index in [1.807, 2.05) is 44.2 Å². The van der Waals surface area contributed by atoms with E-state index in [9.17, 15) is 4.79 Å². The molecule has 4 nitrogen and oxygen atoms in total. The van der Waals surface area contributed by atoms with Gasteiger partial charge in [-0.2, -0.15) is 0 Å². The Bertz CT molecular complexity index is 620. The van der Waals surface area contributed by atoms with E-state index in [1.54, 1.807) is 20.3 Å². The summed E-state index contributed by atoms with van der Waals surface area (Å²) in [6.07, 6.45) is 0.790. The van der Waals surface area contributed by atoms with Crippen molar-refractivity contribution in [3.63, 3.8) is 0 Å². The van der Waals surface area contributed by atoms with Gasteiger partial charge in [0, 0.05) is 5.56 Å². The fourth-order valence-corrected chi connectivity index (χ4v) is 1.90. The Morgan fingerprint density at radius 2 is 1.50 bits per heavy atom. The molecule has 2 aromatic carbocycles. The van der Waals surface area contributed by atoms with Crippen LogP contribution < -0.4 is 9.47 Å². The predicted octanol–water partition coefficient (Wildman–Crippen LogP) is 3.31. The first-order chi connectivity index (χ1) is 10.5. The van der Waals surface area contributed by atoms with Crippen molar-refractivity contribution in [2.45, 2.75) is 20.5 Å². The molecular formula is C18H22O4. The minimum absolute atomic E-state index is 0.0312. The van der Waals surface area contributed by atoms with Gasteiger partial charge in [-0.1, -0.05) is 18.2 Å². The summed E-state index contributed by atoms with van der Waals surface area (Å²) in [7, 11) is 3.16. The molecular weight excluding hydrogens is 280 g/mol. The van der Waals surface area contributed by atoms with Gasteiger partial charge in [0.25, 0.3) is 0 Å². The zero-order valence-electron chi connectivity index (χ0n) is 13.4. The van der Waals surface area contributed by atoms with Crippen molar-refractivity contribution in [3.05, 3.63) is 58.7 Å². The highest BCUT2D eigenvalue weighted by molar-refractivity contribution is 5.79. The van der Waals surface area contributed by atoms with Crippen LogP contribution in [0.5, 0.6) is 11.5 Å². The number of rotatable bonds is 4. The van der Waals surface area contributed by atoms with E-state index in [0.717, 1.165) is 28.7 Å². The summed E-state index contributed by atoms with van der Waals surface area (Å²) >= 11 is 0. The number of ether oxygens (including phenoxy) is 2. The Kier molecular flexibility index (Phi) is 7.13. The van der Waals surface area contributed by atoms with Crippen molar-refractivity contribution in [2.24, 2.45) is 0 Å². The van der Waals surface area contributed by atoms with Crippen LogP contribution in [-0.2, 0) is 6.61 Å². The van der Waals surface area contributed by atoms with Gasteiger partial charge in [0.05, 0.1) is 26.4 Å². The largest absolute Gasteiger partial charge is 0.496 e. The fourth-order valence-electron chi connectivity index (χ4n) is 1.90. The number of hydrogen-bond acceptors (Lipinski definition) is 4. The van der Waals surface area contributed by atoms with Crippen LogP contribution >= 0.6 is 0 Å². The Hall–Kier alpha value is -2.33. The second-order valence-electron chi connectivity index (χ2n) is 4.84. The molecule has 22 heavy (non-hydrogen) atoms. The summed E-state index contributed by atoms with van der Waals surface area (Å²) in [4.78, 5) is 10.4. The van der Waals surface area contributed by atoms with Crippen molar-refractivity contribution < 1.29 is 19.4 Å². The van der Waals surface area contributed by atoms with Crippen LogP contribution in [0.2, 0.25) is 0 Å². The molecule has 1 N–H and O–H groups in total. The monoisotopic (exact) mass is 302 g/mol. The van der Waals surface area contributed by atoms with E-state index in [4.69, 9.17) is 14.6 Å². The van der Waals surface area contributed by atoms with E-state index in [2.05, 4.69) is 0 Å². The second kappa shape index (κ2) is 8.85. The lowest BCUT2D eigenvalue weighted by Gasteiger charge is -2.05. The molecule has 0 bridgehead atoms. The van der Waals surface area contributed by atoms with Crippen molar-refractivity contribution in [1.29, 1.82) is 0 Å². The molecule has 0 aliphatic rings. The van der Waals surface area contributed by atoms with Gasteiger partial charge in [-0.15, -0.1) is 0 Å². The van der Waals surface area contributed by atoms with Gasteiger partial charge in [0.1, 0.15) is 11.5 Å². The first-order valence-electron chi connectivity index (χ1n) is 6.89. The average Bonchev–Trinajstić information content (AvgIpc) is 2.55. The van der Waals surface area contributed by atoms with Crippen LogP contribution in [-0.4, -0.2) is 25.6 Å². The number of aldehydes is 1. The van der Waals surface area contributed by atoms with E-state index < -0.39 is 0 Å². The highest BCUT2D eigenvalue weighted by Crippen LogP contribution is 2.19. The third kappa shape index (κ3) is 4.90. The van der Waals surface area contributed by atoms with Gasteiger partial charge in [-0.25, -0.2) is 0 Å². The van der Waals surface area contributed by atoms with Crippen molar-refractivity contribution in [1.82, 2.24) is 0 Å². The second-order valence-corrected chi connectivity index (χ2v) is 4.84. The third-order valence-electron chi connectivity index (χ3n) is 3.13. The summed E-state index contributed by atoms with van der Waals surface area (Å²) in [5.41, 5.74) is 3.66. The molecule has 0 amide bonds. The standard InChI is InChI=1S/C9H12O2.C9H10O2/c2*1-7-3-4-8(6-10)9(5-7)11-2/h3-5,10H,6H2,1-2H3;3-6H,1-2H3. The summed E-state index contributed by atoms with van der Waals surface area (Å²) < 4.78 is 10.0. The zero-order chi connectivity index (χ0) is 16.5. The Balaban J connectivity index is 0.000000220. The quantitative estimate of drug-likeness (QED) is 0.880. The van der Waals surface area contributed by atoms with Crippen LogP contribution in [0.1, 0.15) is 27.0 Å². The van der Waals surface area contributed by atoms with E-state index in [1.165, 1.54) is 0 Å². The molecule has 0 aliphatic heterocycles. The Labute approximate surface area is 131 Å². The maximum Gasteiger partial charge on any atom is 0.153 e. The Morgan fingerprint density at radius 3 is 2.00 bits per heavy atom. The van der Waals surface area contributed by atoms with Gasteiger partial charge in [0.2, 0.25) is 0 Å². The smallest absolute Gasteiger partial charge is 0.153 e. The molecule has 0 aliphatic carbocycles. The molecule has 0 spiro atoms. The first-order valence-corrected chi connectivity index (χ1v) is 6.89. The molecule has 0 atom stereocenters. The molecule has 118 valence electrons. The average molecular weight is 302 g/mol. The minimum atomic E-state index is 0.0312. The number of aliphatic hydroxyl groups excluding tert-OH is 1. The number of carbonyl (C=O) groups excluding carboxylic acids is 1. The molecule has 2 aromatic rings.